The molecule has 5 heterocycles. The molecule has 1 saturated heterocycles. The summed E-state index contributed by atoms with van der Waals surface area (Å²) in [6.07, 6.45) is 14.3. The molecule has 1 fully saturated rings. The number of benzene rings is 2. The molecule has 4 aromatic rings. The molecule has 0 spiro atoms. The Morgan fingerprint density at radius 2 is 1.85 bits per heavy atom. The predicted octanol–water partition coefficient (Wildman–Crippen LogP) is 6.76. The van der Waals surface area contributed by atoms with Gasteiger partial charge in [-0.3, -0.25) is 34.3 Å². The van der Waals surface area contributed by atoms with Crippen molar-refractivity contribution >= 4 is 106 Å². The fourth-order valence-corrected chi connectivity index (χ4v) is 8.92. The van der Waals surface area contributed by atoms with Crippen molar-refractivity contribution in [3.8, 4) is 18.1 Å². The minimum Gasteiger partial charge on any atom is -0.778 e. The van der Waals surface area contributed by atoms with Gasteiger partial charge in [0.2, 0.25) is 10.7 Å². The molecule has 414 valence electrons. The normalized spacial score (nSPS) is 16.8. The highest BCUT2D eigenvalue weighted by Gasteiger charge is 2.45. The number of rotatable bonds is 14. The van der Waals surface area contributed by atoms with E-state index in [1.807, 2.05) is 48.0 Å². The first-order valence-corrected chi connectivity index (χ1v) is 29.6. The van der Waals surface area contributed by atoms with Crippen LogP contribution in [0.25, 0.3) is 0 Å². The zero-order valence-electron chi connectivity index (χ0n) is 43.6. The quantitative estimate of drug-likeness (QED) is 0.0389. The molecule has 0 radical (unpaired) electrons. The van der Waals surface area contributed by atoms with Crippen LogP contribution in [-0.2, 0) is 63.5 Å². The van der Waals surface area contributed by atoms with Crippen LogP contribution in [0, 0.1) is 30.5 Å². The summed E-state index contributed by atoms with van der Waals surface area (Å²) in [7, 11) is -3.71. The number of nitrogens with one attached hydrogen (secondary N) is 1. The first-order valence-electron chi connectivity index (χ1n) is 23.2. The highest BCUT2D eigenvalue weighted by atomic mass is 35.5. The standard InChI is InChI=1S/C18H17FN4O2S.C14H20ClNO2.C11H13Cl2NO3.C3H8NO5P.C3H9S/c1-4-5-22-13-7-12(11(19)6-14(13)25-9-16(22)24)20-17-23-10-18(2,3)8-15(23)21-26-17;1-4-12-8-6-7-11(3)14(12)16(10-18-5-2)13(17)9-15;1-11(2)14(10(15)9(12)13)6-8(17-11)7-4-3-5-16-7;5-3(6)1-4-2-10(7,8)9;1-4(2)3/h1,6-7H,5,8-10H2,2-3H3;6-8H,4-5,9-10H2,1-3H3;3-5,8-9H,6H2,1-2H3;4H,1-2H2,(H,5,6)(H2,7,8,9);1-3H3/q;;;;+1/p-1. The summed E-state index contributed by atoms with van der Waals surface area (Å²) in [6, 6.07) is 12.4. The number of carbonyl (C=O) groups is 4. The molecule has 0 bridgehead atoms. The Kier molecular flexibility index (Phi) is 25.8. The second kappa shape index (κ2) is 29.9. The number of aromatic nitrogens is 2. The molecule has 2 aromatic heterocycles. The molecular formula is C49H66Cl3FN7O12PS2. The summed E-state index contributed by atoms with van der Waals surface area (Å²) in [5, 5.41) is 9.97. The molecule has 26 heteroatoms. The van der Waals surface area contributed by atoms with Gasteiger partial charge in [-0.25, -0.2) is 9.38 Å². The number of hydrogen-bond acceptors (Lipinski definition) is 14. The summed E-state index contributed by atoms with van der Waals surface area (Å²) in [6.45, 7) is 15.3. The lowest BCUT2D eigenvalue weighted by Gasteiger charge is -2.29. The monoisotopic (exact) mass is 1160 g/mol. The van der Waals surface area contributed by atoms with E-state index in [9.17, 15) is 33.0 Å². The van der Waals surface area contributed by atoms with Gasteiger partial charge in [0.1, 0.15) is 55.1 Å². The summed E-state index contributed by atoms with van der Waals surface area (Å²) in [5.41, 5.74) is 3.06. The number of fused-ring (bicyclic) bond motifs is 2. The number of carbonyl (C=O) groups excluding carboxylic acids is 3. The lowest BCUT2D eigenvalue weighted by atomic mass is 9.92. The molecule has 19 nitrogen and oxygen atoms in total. The van der Waals surface area contributed by atoms with Gasteiger partial charge < -0.3 is 47.6 Å². The number of aryl methyl sites for hydroxylation is 2. The van der Waals surface area contributed by atoms with Gasteiger partial charge in [0, 0.05) is 37.2 Å². The summed E-state index contributed by atoms with van der Waals surface area (Å²) >= 11 is 18.1. The van der Waals surface area contributed by atoms with E-state index in [1.165, 1.54) is 33.5 Å². The third-order valence-corrected chi connectivity index (χ3v) is 12.6. The van der Waals surface area contributed by atoms with Crippen LogP contribution in [0.1, 0.15) is 70.4 Å². The molecule has 3 amide bonds. The number of anilines is 2. The van der Waals surface area contributed by atoms with Gasteiger partial charge in [0.05, 0.1) is 62.3 Å². The van der Waals surface area contributed by atoms with Gasteiger partial charge in [-0.15, -0.1) is 18.0 Å². The molecule has 3 N–H and O–H groups in total. The van der Waals surface area contributed by atoms with Crippen LogP contribution in [-0.4, -0.2) is 129 Å². The van der Waals surface area contributed by atoms with Crippen LogP contribution in [0.15, 0.2) is 58.1 Å². The van der Waals surface area contributed by atoms with E-state index >= 15 is 0 Å². The van der Waals surface area contributed by atoms with Crippen molar-refractivity contribution in [2.45, 2.75) is 84.5 Å². The number of amides is 3. The van der Waals surface area contributed by atoms with Gasteiger partial charge >= 0.3 is 5.97 Å². The number of terminal acetylenes is 1. The molecule has 75 heavy (non-hydrogen) atoms. The van der Waals surface area contributed by atoms with Crippen LogP contribution >= 0.6 is 53.9 Å². The fourth-order valence-electron chi connectivity index (χ4n) is 7.39. The molecule has 3 aliphatic rings. The molecule has 3 aliphatic heterocycles. The van der Waals surface area contributed by atoms with E-state index in [1.54, 1.807) is 31.1 Å². The Morgan fingerprint density at radius 3 is 2.41 bits per heavy atom. The van der Waals surface area contributed by atoms with E-state index < -0.39 is 42.8 Å². The second-order valence-corrected chi connectivity index (χ2v) is 24.5. The number of halogens is 4. The van der Waals surface area contributed by atoms with Crippen molar-refractivity contribution in [2.75, 3.05) is 80.3 Å². The number of para-hydroxylation sites is 1. The predicted molar refractivity (Wildman–Crippen MR) is 290 cm³/mol. The first kappa shape index (κ1) is 64.8. The maximum Gasteiger partial charge on any atom is 0.317 e. The molecule has 2 aromatic carbocycles. The van der Waals surface area contributed by atoms with E-state index in [4.69, 9.17) is 69.9 Å². The lowest BCUT2D eigenvalue weighted by molar-refractivity contribution is -0.193. The van der Waals surface area contributed by atoms with Crippen molar-refractivity contribution in [3.63, 3.8) is 0 Å². The van der Waals surface area contributed by atoms with Crippen LogP contribution in [0.3, 0.4) is 0 Å². The number of nitrogens with zero attached hydrogens (tertiary/aromatic N) is 6. The van der Waals surface area contributed by atoms with Gasteiger partial charge in [-0.2, -0.15) is 4.37 Å². The summed E-state index contributed by atoms with van der Waals surface area (Å²) < 4.78 is 52.7. The van der Waals surface area contributed by atoms with Crippen molar-refractivity contribution in [1.82, 2.24) is 19.2 Å². The highest BCUT2D eigenvalue weighted by Crippen LogP contribution is 2.39. The number of carboxylic acid groups (broad SMARTS) is 1. The third-order valence-electron chi connectivity index (χ3n) is 10.6. The van der Waals surface area contributed by atoms with Crippen molar-refractivity contribution in [1.29, 1.82) is 0 Å². The molecular weight excluding hydrogens is 1100 g/mol. The molecule has 0 saturated carbocycles. The second-order valence-electron chi connectivity index (χ2n) is 18.3. The number of ether oxygens (including phenoxy) is 3. The summed E-state index contributed by atoms with van der Waals surface area (Å²) in [4.78, 5) is 72.2. The number of hydrogen-bond donors (Lipinski definition) is 3. The Hall–Kier alpha value is -4.50. The zero-order valence-corrected chi connectivity index (χ0v) is 48.4. The Labute approximate surface area is 459 Å². The Bertz CT molecular complexity index is 2710. The maximum atomic E-state index is 14.5. The topological polar surface area (TPSA) is 242 Å². The average molecular weight is 1170 g/mol. The SMILES string of the molecule is C#CCN1C(=O)COc2cc(F)c(N=c3snc4n3CC(C)(C)C4)cc21.CC1(C)OC(c2ccco2)CN1C(=O)C(Cl)Cl.CCOCN(C(=O)CCl)c1c(C)cccc1CC.C[S+](C)C.O=C(O)CNCP(=O)([O-])O. The molecule has 2 atom stereocenters. The lowest BCUT2D eigenvalue weighted by Crippen LogP contribution is -2.45. The van der Waals surface area contributed by atoms with Gasteiger partial charge in [-0.05, 0) is 79.8 Å². The Balaban J connectivity index is 0.000000269. The van der Waals surface area contributed by atoms with Crippen molar-refractivity contribution < 1.29 is 61.7 Å². The molecule has 2 unspecified atom stereocenters. The van der Waals surface area contributed by atoms with Crippen molar-refractivity contribution in [3.05, 3.63) is 82.1 Å². The smallest absolute Gasteiger partial charge is 0.317 e. The number of furan rings is 1. The summed E-state index contributed by atoms with van der Waals surface area (Å²) in [5.74, 6) is 1.92. The minimum atomic E-state index is -4.35. The van der Waals surface area contributed by atoms with Gasteiger partial charge in [-0.1, -0.05) is 68.1 Å². The van der Waals surface area contributed by atoms with E-state index in [0.29, 0.717) is 46.0 Å². The van der Waals surface area contributed by atoms with Gasteiger partial charge in [0.25, 0.3) is 11.8 Å². The maximum absolute atomic E-state index is 14.5. The number of aliphatic carboxylic acids is 1. The minimum absolute atomic E-state index is 0.0371. The van der Waals surface area contributed by atoms with Crippen LogP contribution in [0.4, 0.5) is 21.5 Å². The Morgan fingerprint density at radius 1 is 1.17 bits per heavy atom. The first-order chi connectivity index (χ1) is 35.1. The average Bonchev–Trinajstić information content (AvgIpc) is 4.12. The molecule has 7 rings (SSSR count). The van der Waals surface area contributed by atoms with Gasteiger partial charge in [0.15, 0.2) is 17.3 Å². The highest BCUT2D eigenvalue weighted by molar-refractivity contribution is 7.94. The third kappa shape index (κ3) is 20.1. The number of carboxylic acids is 1. The van der Waals surface area contributed by atoms with Crippen LogP contribution < -0.4 is 29.5 Å². The largest absolute Gasteiger partial charge is 0.778 e. The number of alkyl halides is 3. The van der Waals surface area contributed by atoms with Crippen molar-refractivity contribution in [2.24, 2.45) is 10.4 Å². The van der Waals surface area contributed by atoms with Crippen LogP contribution in [0.5, 0.6) is 5.75 Å². The van der Waals surface area contributed by atoms with E-state index in [2.05, 4.69) is 54.8 Å². The fraction of sp³-hybridized carbons (Fsp3) is 0.510. The van der Waals surface area contributed by atoms with Crippen LogP contribution in [0.2, 0.25) is 0 Å². The zero-order chi connectivity index (χ0) is 56.4. The van der Waals surface area contributed by atoms with E-state index in [0.717, 1.165) is 42.0 Å². The van der Waals surface area contributed by atoms with E-state index in [-0.39, 0.29) is 60.7 Å². The molecule has 0 aliphatic carbocycles.